The van der Waals surface area contributed by atoms with Crippen LogP contribution in [0.15, 0.2) is 0 Å². The number of hydrogen-bond donors (Lipinski definition) is 2. The number of hydrazine groups is 1. The highest BCUT2D eigenvalue weighted by atomic mass is 16.2. The highest BCUT2D eigenvalue weighted by molar-refractivity contribution is 5.81. The standard InChI is InChI=1S/C12H24N4O2/c1-10(17)16-6-4-5-15(7-8-16)9-12(2,3)11(18)14-13/h4-9,13H2,1-3H3,(H,14,18). The van der Waals surface area contributed by atoms with E-state index in [4.69, 9.17) is 5.84 Å². The van der Waals surface area contributed by atoms with Gasteiger partial charge in [-0.2, -0.15) is 0 Å². The van der Waals surface area contributed by atoms with Gasteiger partial charge in [-0.3, -0.25) is 15.0 Å². The molecule has 1 fully saturated rings. The Morgan fingerprint density at radius 1 is 1.22 bits per heavy atom. The van der Waals surface area contributed by atoms with E-state index in [0.29, 0.717) is 6.54 Å². The summed E-state index contributed by atoms with van der Waals surface area (Å²) in [5, 5.41) is 0. The van der Waals surface area contributed by atoms with E-state index in [2.05, 4.69) is 10.3 Å². The fraction of sp³-hybridized carbons (Fsp3) is 0.833. The molecule has 3 N–H and O–H groups in total. The number of carbonyl (C=O) groups excluding carboxylic acids is 2. The molecule has 0 unspecified atom stereocenters. The van der Waals surface area contributed by atoms with Crippen molar-refractivity contribution in [1.82, 2.24) is 15.2 Å². The van der Waals surface area contributed by atoms with Crippen molar-refractivity contribution in [3.63, 3.8) is 0 Å². The van der Waals surface area contributed by atoms with Gasteiger partial charge in [-0.1, -0.05) is 0 Å². The highest BCUT2D eigenvalue weighted by Crippen LogP contribution is 2.18. The first-order valence-electron chi connectivity index (χ1n) is 6.36. The second kappa shape index (κ2) is 6.15. The third kappa shape index (κ3) is 3.96. The summed E-state index contributed by atoms with van der Waals surface area (Å²) in [5.74, 6) is 5.15. The summed E-state index contributed by atoms with van der Waals surface area (Å²) >= 11 is 0. The number of nitrogens with two attached hydrogens (primary N) is 1. The molecule has 18 heavy (non-hydrogen) atoms. The van der Waals surface area contributed by atoms with Crippen molar-refractivity contribution in [2.24, 2.45) is 11.3 Å². The molecule has 1 aliphatic rings. The lowest BCUT2D eigenvalue weighted by Gasteiger charge is -2.30. The zero-order valence-electron chi connectivity index (χ0n) is 11.5. The van der Waals surface area contributed by atoms with Crippen LogP contribution in [0, 0.1) is 5.41 Å². The van der Waals surface area contributed by atoms with Crippen LogP contribution in [0.4, 0.5) is 0 Å². The minimum absolute atomic E-state index is 0.121. The normalized spacial score (nSPS) is 18.3. The van der Waals surface area contributed by atoms with Crippen molar-refractivity contribution < 1.29 is 9.59 Å². The van der Waals surface area contributed by atoms with Crippen LogP contribution in [0.5, 0.6) is 0 Å². The first kappa shape index (κ1) is 14.9. The molecular formula is C12H24N4O2. The lowest BCUT2D eigenvalue weighted by atomic mass is 9.91. The van der Waals surface area contributed by atoms with E-state index in [9.17, 15) is 9.59 Å². The van der Waals surface area contributed by atoms with E-state index in [-0.39, 0.29) is 11.8 Å². The molecule has 0 aliphatic carbocycles. The summed E-state index contributed by atoms with van der Waals surface area (Å²) in [6.45, 7) is 9.26. The molecule has 6 nitrogen and oxygen atoms in total. The Kier molecular flexibility index (Phi) is 5.10. The summed E-state index contributed by atoms with van der Waals surface area (Å²) in [4.78, 5) is 27.0. The maximum absolute atomic E-state index is 11.6. The van der Waals surface area contributed by atoms with Crippen LogP contribution in [0.2, 0.25) is 0 Å². The van der Waals surface area contributed by atoms with E-state index in [0.717, 1.165) is 32.6 Å². The maximum atomic E-state index is 11.6. The van der Waals surface area contributed by atoms with E-state index in [1.54, 1.807) is 6.92 Å². The van der Waals surface area contributed by atoms with Crippen molar-refractivity contribution in [1.29, 1.82) is 0 Å². The Morgan fingerprint density at radius 3 is 2.44 bits per heavy atom. The molecule has 1 rings (SSSR count). The van der Waals surface area contributed by atoms with Gasteiger partial charge in [0.25, 0.3) is 0 Å². The van der Waals surface area contributed by atoms with Crippen molar-refractivity contribution in [3.05, 3.63) is 0 Å². The van der Waals surface area contributed by atoms with E-state index >= 15 is 0 Å². The smallest absolute Gasteiger partial charge is 0.240 e. The van der Waals surface area contributed by atoms with Crippen LogP contribution < -0.4 is 11.3 Å². The van der Waals surface area contributed by atoms with Crippen LogP contribution in [0.1, 0.15) is 27.2 Å². The molecule has 0 aromatic rings. The van der Waals surface area contributed by atoms with Gasteiger partial charge in [-0.15, -0.1) is 0 Å². The molecule has 2 amide bonds. The predicted octanol–water partition coefficient (Wildman–Crippen LogP) is -0.443. The van der Waals surface area contributed by atoms with E-state index in [1.807, 2.05) is 18.7 Å². The van der Waals surface area contributed by atoms with E-state index in [1.165, 1.54) is 0 Å². The van der Waals surface area contributed by atoms with Crippen LogP contribution >= 0.6 is 0 Å². The second-order valence-corrected chi connectivity index (χ2v) is 5.49. The van der Waals surface area contributed by atoms with Gasteiger partial charge in [0.05, 0.1) is 5.41 Å². The number of nitrogens with zero attached hydrogens (tertiary/aromatic N) is 2. The Balaban J connectivity index is 2.54. The molecule has 104 valence electrons. The predicted molar refractivity (Wildman–Crippen MR) is 69.4 cm³/mol. The Labute approximate surface area is 108 Å². The summed E-state index contributed by atoms with van der Waals surface area (Å²) < 4.78 is 0. The van der Waals surface area contributed by atoms with Gasteiger partial charge in [-0.25, -0.2) is 5.84 Å². The van der Waals surface area contributed by atoms with Crippen molar-refractivity contribution >= 4 is 11.8 Å². The lowest BCUT2D eigenvalue weighted by molar-refractivity contribution is -0.131. The minimum Gasteiger partial charge on any atom is -0.342 e. The molecule has 0 aromatic heterocycles. The highest BCUT2D eigenvalue weighted by Gasteiger charge is 2.30. The summed E-state index contributed by atoms with van der Waals surface area (Å²) in [7, 11) is 0. The number of amides is 2. The Bertz CT molecular complexity index is 317. The van der Waals surface area contributed by atoms with Gasteiger partial charge in [0, 0.05) is 33.1 Å². The van der Waals surface area contributed by atoms with Crippen LogP contribution in [0.3, 0.4) is 0 Å². The topological polar surface area (TPSA) is 78.7 Å². The average Bonchev–Trinajstić information content (AvgIpc) is 2.53. The van der Waals surface area contributed by atoms with Gasteiger partial charge in [0.15, 0.2) is 0 Å². The molecular weight excluding hydrogens is 232 g/mol. The number of carbonyl (C=O) groups is 2. The lowest BCUT2D eigenvalue weighted by Crippen LogP contribution is -2.48. The first-order valence-corrected chi connectivity index (χ1v) is 6.36. The van der Waals surface area contributed by atoms with Gasteiger partial charge >= 0.3 is 0 Å². The molecule has 0 saturated carbocycles. The van der Waals surface area contributed by atoms with Crippen molar-refractivity contribution in [3.8, 4) is 0 Å². The van der Waals surface area contributed by atoms with Gasteiger partial charge in [0.2, 0.25) is 11.8 Å². The summed E-state index contributed by atoms with van der Waals surface area (Å²) in [5.41, 5.74) is 1.69. The fourth-order valence-electron chi connectivity index (χ4n) is 2.27. The third-order valence-electron chi connectivity index (χ3n) is 3.40. The van der Waals surface area contributed by atoms with Gasteiger partial charge < -0.3 is 9.80 Å². The third-order valence-corrected chi connectivity index (χ3v) is 3.40. The van der Waals surface area contributed by atoms with Crippen molar-refractivity contribution in [2.75, 3.05) is 32.7 Å². The summed E-state index contributed by atoms with van der Waals surface area (Å²) in [6, 6.07) is 0. The van der Waals surface area contributed by atoms with Crippen molar-refractivity contribution in [2.45, 2.75) is 27.2 Å². The quantitative estimate of drug-likeness (QED) is 0.407. The minimum atomic E-state index is -0.514. The second-order valence-electron chi connectivity index (χ2n) is 5.49. The molecule has 0 bridgehead atoms. The Hall–Kier alpha value is -1.14. The van der Waals surface area contributed by atoms with E-state index < -0.39 is 5.41 Å². The molecule has 1 saturated heterocycles. The Morgan fingerprint density at radius 2 is 1.89 bits per heavy atom. The molecule has 0 radical (unpaired) electrons. The average molecular weight is 256 g/mol. The molecule has 0 spiro atoms. The van der Waals surface area contributed by atoms with Crippen LogP contribution in [-0.2, 0) is 9.59 Å². The number of hydrogen-bond acceptors (Lipinski definition) is 4. The van der Waals surface area contributed by atoms with Gasteiger partial charge in [0.1, 0.15) is 0 Å². The molecule has 6 heteroatoms. The zero-order chi connectivity index (χ0) is 13.8. The largest absolute Gasteiger partial charge is 0.342 e. The van der Waals surface area contributed by atoms with Gasteiger partial charge in [-0.05, 0) is 26.8 Å². The zero-order valence-corrected chi connectivity index (χ0v) is 11.5. The maximum Gasteiger partial charge on any atom is 0.240 e. The fourth-order valence-corrected chi connectivity index (χ4v) is 2.27. The van der Waals surface area contributed by atoms with Crippen LogP contribution in [-0.4, -0.2) is 54.3 Å². The SMILES string of the molecule is CC(=O)N1CCCN(CC(C)(C)C(=O)NN)CC1. The monoisotopic (exact) mass is 256 g/mol. The summed E-state index contributed by atoms with van der Waals surface area (Å²) in [6.07, 6.45) is 0.944. The number of nitrogens with one attached hydrogen (secondary N) is 1. The molecule has 1 aliphatic heterocycles. The molecule has 0 atom stereocenters. The van der Waals surface area contributed by atoms with Crippen LogP contribution in [0.25, 0.3) is 0 Å². The molecule has 1 heterocycles. The first-order chi connectivity index (χ1) is 8.36. The molecule has 0 aromatic carbocycles. The number of rotatable bonds is 3.